The number of furan rings is 1. The molecule has 6 heteroatoms. The number of nitrogens with zero attached hydrogens (tertiary/aromatic N) is 1. The maximum atomic E-state index is 13.2. The van der Waals surface area contributed by atoms with Crippen molar-refractivity contribution < 1.29 is 13.6 Å². The molecule has 1 fully saturated rings. The van der Waals surface area contributed by atoms with E-state index in [1.165, 1.54) is 24.6 Å². The largest absolute Gasteiger partial charge is 0.468 e. The van der Waals surface area contributed by atoms with Crippen molar-refractivity contribution in [1.29, 1.82) is 0 Å². The molecule has 24 heavy (non-hydrogen) atoms. The SMILES string of the molecule is O=C(NCC(c1ccco1)N1CCCCC1)c1ccc(F)cc1Br. The van der Waals surface area contributed by atoms with Gasteiger partial charge in [-0.15, -0.1) is 0 Å². The van der Waals surface area contributed by atoms with Crippen LogP contribution < -0.4 is 5.32 Å². The molecular formula is C18H20BrFN2O2. The quantitative estimate of drug-likeness (QED) is 0.828. The fraction of sp³-hybridized carbons (Fsp3) is 0.389. The van der Waals surface area contributed by atoms with Gasteiger partial charge in [0.1, 0.15) is 11.6 Å². The number of rotatable bonds is 5. The van der Waals surface area contributed by atoms with Gasteiger partial charge in [0.2, 0.25) is 0 Å². The second kappa shape index (κ2) is 7.94. The van der Waals surface area contributed by atoms with E-state index >= 15 is 0 Å². The summed E-state index contributed by atoms with van der Waals surface area (Å²) in [5.41, 5.74) is 0.424. The standard InChI is InChI=1S/C18H20BrFN2O2/c19-15-11-13(20)6-7-14(15)18(23)21-12-16(17-5-4-10-24-17)22-8-2-1-3-9-22/h4-7,10-11,16H,1-3,8-9,12H2,(H,21,23). The van der Waals surface area contributed by atoms with E-state index in [1.54, 1.807) is 6.26 Å². The van der Waals surface area contributed by atoms with E-state index < -0.39 is 0 Å². The zero-order chi connectivity index (χ0) is 16.9. The first-order chi connectivity index (χ1) is 11.6. The zero-order valence-electron chi connectivity index (χ0n) is 13.3. The second-order valence-corrected chi connectivity index (χ2v) is 6.82. The molecule has 1 unspecified atom stereocenters. The summed E-state index contributed by atoms with van der Waals surface area (Å²) in [6, 6.07) is 7.89. The van der Waals surface area contributed by atoms with E-state index in [9.17, 15) is 9.18 Å². The monoisotopic (exact) mass is 394 g/mol. The number of piperidine rings is 1. The van der Waals surface area contributed by atoms with Crippen molar-refractivity contribution in [2.45, 2.75) is 25.3 Å². The molecule has 1 amide bonds. The summed E-state index contributed by atoms with van der Waals surface area (Å²) < 4.78 is 19.2. The molecule has 3 rings (SSSR count). The number of likely N-dealkylation sites (tertiary alicyclic amines) is 1. The number of hydrogen-bond acceptors (Lipinski definition) is 3. The highest BCUT2D eigenvalue weighted by atomic mass is 79.9. The third-order valence-electron chi connectivity index (χ3n) is 4.33. The molecule has 0 bridgehead atoms. The second-order valence-electron chi connectivity index (χ2n) is 5.96. The highest BCUT2D eigenvalue weighted by Crippen LogP contribution is 2.25. The Morgan fingerprint density at radius 2 is 2.08 bits per heavy atom. The van der Waals surface area contributed by atoms with Gasteiger partial charge in [-0.3, -0.25) is 9.69 Å². The number of halogens is 2. The van der Waals surface area contributed by atoms with E-state index in [-0.39, 0.29) is 17.8 Å². The van der Waals surface area contributed by atoms with Crippen LogP contribution in [-0.2, 0) is 0 Å². The number of carbonyl (C=O) groups excluding carboxylic acids is 1. The Balaban J connectivity index is 1.70. The van der Waals surface area contributed by atoms with Crippen LogP contribution in [0.2, 0.25) is 0 Å². The lowest BCUT2D eigenvalue weighted by Crippen LogP contribution is -2.40. The van der Waals surface area contributed by atoms with Crippen LogP contribution in [0.25, 0.3) is 0 Å². The third-order valence-corrected chi connectivity index (χ3v) is 4.99. The van der Waals surface area contributed by atoms with Gasteiger partial charge in [-0.25, -0.2) is 4.39 Å². The Bertz CT molecular complexity index is 684. The summed E-state index contributed by atoms with van der Waals surface area (Å²) >= 11 is 3.24. The molecule has 128 valence electrons. The molecular weight excluding hydrogens is 375 g/mol. The predicted molar refractivity (Wildman–Crippen MR) is 93.3 cm³/mol. The van der Waals surface area contributed by atoms with Crippen LogP contribution in [-0.4, -0.2) is 30.4 Å². The molecule has 1 atom stereocenters. The molecule has 1 aromatic carbocycles. The lowest BCUT2D eigenvalue weighted by Gasteiger charge is -2.33. The van der Waals surface area contributed by atoms with Gasteiger partial charge in [-0.2, -0.15) is 0 Å². The van der Waals surface area contributed by atoms with Crippen molar-refractivity contribution in [2.24, 2.45) is 0 Å². The zero-order valence-corrected chi connectivity index (χ0v) is 14.9. The number of hydrogen-bond donors (Lipinski definition) is 1. The minimum atomic E-state index is -0.375. The third kappa shape index (κ3) is 4.05. The maximum Gasteiger partial charge on any atom is 0.252 e. The predicted octanol–water partition coefficient (Wildman–Crippen LogP) is 4.14. The van der Waals surface area contributed by atoms with Crippen LogP contribution in [0.5, 0.6) is 0 Å². The Morgan fingerprint density at radius 1 is 1.29 bits per heavy atom. The van der Waals surface area contributed by atoms with E-state index in [0.717, 1.165) is 31.7 Å². The molecule has 1 saturated heterocycles. The van der Waals surface area contributed by atoms with Crippen LogP contribution in [0.3, 0.4) is 0 Å². The van der Waals surface area contributed by atoms with Crippen LogP contribution in [0.15, 0.2) is 45.5 Å². The molecule has 1 aromatic heterocycles. The van der Waals surface area contributed by atoms with E-state index in [0.29, 0.717) is 16.6 Å². The molecule has 0 radical (unpaired) electrons. The summed E-state index contributed by atoms with van der Waals surface area (Å²) in [5, 5.41) is 2.95. The van der Waals surface area contributed by atoms with Crippen LogP contribution >= 0.6 is 15.9 Å². The molecule has 1 aliphatic heterocycles. The normalized spacial score (nSPS) is 16.8. The van der Waals surface area contributed by atoms with E-state index in [2.05, 4.69) is 26.1 Å². The topological polar surface area (TPSA) is 45.5 Å². The maximum absolute atomic E-state index is 13.2. The Kier molecular flexibility index (Phi) is 5.68. The van der Waals surface area contributed by atoms with Crippen LogP contribution in [0.4, 0.5) is 4.39 Å². The molecule has 2 heterocycles. The van der Waals surface area contributed by atoms with Crippen molar-refractivity contribution >= 4 is 21.8 Å². The minimum absolute atomic E-state index is 0.0171. The number of benzene rings is 1. The fourth-order valence-corrected chi connectivity index (χ4v) is 3.61. The lowest BCUT2D eigenvalue weighted by molar-refractivity contribution is 0.0913. The number of nitrogens with one attached hydrogen (secondary N) is 1. The van der Waals surface area contributed by atoms with Crippen LogP contribution in [0, 0.1) is 5.82 Å². The Hall–Kier alpha value is -1.66. The summed E-state index contributed by atoms with van der Waals surface area (Å²) in [6.45, 7) is 2.46. The van der Waals surface area contributed by atoms with Gasteiger partial charge in [0.05, 0.1) is 17.9 Å². The molecule has 1 N–H and O–H groups in total. The van der Waals surface area contributed by atoms with Gasteiger partial charge >= 0.3 is 0 Å². The summed E-state index contributed by atoms with van der Waals surface area (Å²) in [6.07, 6.45) is 5.23. The minimum Gasteiger partial charge on any atom is -0.468 e. The van der Waals surface area contributed by atoms with E-state index in [1.807, 2.05) is 12.1 Å². The van der Waals surface area contributed by atoms with Crippen molar-refractivity contribution in [2.75, 3.05) is 19.6 Å². The van der Waals surface area contributed by atoms with Crippen molar-refractivity contribution in [1.82, 2.24) is 10.2 Å². The molecule has 1 aliphatic rings. The number of amides is 1. The fourth-order valence-electron chi connectivity index (χ4n) is 3.08. The van der Waals surface area contributed by atoms with Crippen LogP contribution in [0.1, 0.15) is 41.4 Å². The summed E-state index contributed by atoms with van der Waals surface area (Å²) in [5.74, 6) is 0.256. The van der Waals surface area contributed by atoms with Gasteiger partial charge in [-0.05, 0) is 72.2 Å². The molecule has 0 aliphatic carbocycles. The lowest BCUT2D eigenvalue weighted by atomic mass is 10.1. The average molecular weight is 395 g/mol. The van der Waals surface area contributed by atoms with Gasteiger partial charge in [-0.1, -0.05) is 6.42 Å². The molecule has 0 spiro atoms. The van der Waals surface area contributed by atoms with Gasteiger partial charge in [0.25, 0.3) is 5.91 Å². The van der Waals surface area contributed by atoms with Crippen molar-refractivity contribution in [3.63, 3.8) is 0 Å². The first-order valence-electron chi connectivity index (χ1n) is 8.16. The average Bonchev–Trinajstić information content (AvgIpc) is 3.10. The molecule has 0 saturated carbocycles. The highest BCUT2D eigenvalue weighted by molar-refractivity contribution is 9.10. The van der Waals surface area contributed by atoms with Gasteiger partial charge in [0.15, 0.2) is 0 Å². The van der Waals surface area contributed by atoms with E-state index in [4.69, 9.17) is 4.42 Å². The summed E-state index contributed by atoms with van der Waals surface area (Å²) in [4.78, 5) is 14.8. The number of carbonyl (C=O) groups is 1. The van der Waals surface area contributed by atoms with Gasteiger partial charge in [0, 0.05) is 11.0 Å². The van der Waals surface area contributed by atoms with Gasteiger partial charge < -0.3 is 9.73 Å². The molecule has 2 aromatic rings. The first-order valence-corrected chi connectivity index (χ1v) is 8.95. The smallest absolute Gasteiger partial charge is 0.252 e. The highest BCUT2D eigenvalue weighted by Gasteiger charge is 2.25. The first kappa shape index (κ1) is 17.2. The van der Waals surface area contributed by atoms with Crippen molar-refractivity contribution in [3.05, 3.63) is 58.2 Å². The van der Waals surface area contributed by atoms with Crippen molar-refractivity contribution in [3.8, 4) is 0 Å². The Morgan fingerprint density at radius 3 is 2.75 bits per heavy atom. The summed E-state index contributed by atoms with van der Waals surface area (Å²) in [7, 11) is 0. The Labute approximate surface area is 149 Å². The molecule has 4 nitrogen and oxygen atoms in total.